The molecule has 0 radical (unpaired) electrons. The van der Waals surface area contributed by atoms with Crippen LogP contribution in [-0.4, -0.2) is 25.8 Å². The van der Waals surface area contributed by atoms with E-state index < -0.39 is 5.82 Å². The Kier molecular flexibility index (Phi) is 6.82. The lowest BCUT2D eigenvalue weighted by molar-refractivity contribution is 0.0977. The number of aromatic nitrogens is 3. The van der Waals surface area contributed by atoms with E-state index in [2.05, 4.69) is 20.3 Å². The maximum atomic E-state index is 13.5. The van der Waals surface area contributed by atoms with Crippen molar-refractivity contribution >= 4 is 33.3 Å². The zero-order chi connectivity index (χ0) is 22.5. The highest BCUT2D eigenvalue weighted by molar-refractivity contribution is 7.17. The normalized spacial score (nSPS) is 12.1. The third-order valence-electron chi connectivity index (χ3n) is 5.21. The van der Waals surface area contributed by atoms with Gasteiger partial charge in [-0.15, -0.1) is 11.3 Å². The number of aryl methyl sites for hydroxylation is 1. The van der Waals surface area contributed by atoms with Gasteiger partial charge in [-0.05, 0) is 54.0 Å². The molecule has 4 aromatic rings. The number of fused-ring (bicyclic) bond motifs is 1. The molecule has 0 bridgehead atoms. The van der Waals surface area contributed by atoms with Crippen LogP contribution in [0, 0.1) is 5.82 Å². The zero-order valence-electron chi connectivity index (χ0n) is 17.6. The van der Waals surface area contributed by atoms with Crippen molar-refractivity contribution in [2.75, 3.05) is 5.32 Å². The standard InChI is InChI=1S/C24H23FN4O2S/c1-15(18-11-19(25)13-26-12-18)27-24-28-20-9-10-32-23(20)22(29-24)21(31)4-2-3-16-5-7-17(14-30)8-6-16/h5-13,15,30H,2-4,14H2,1H3,(H,27,28,29)/t15-/m0/s1. The van der Waals surface area contributed by atoms with E-state index in [4.69, 9.17) is 5.11 Å². The molecule has 0 aliphatic heterocycles. The van der Waals surface area contributed by atoms with E-state index in [9.17, 15) is 9.18 Å². The van der Waals surface area contributed by atoms with E-state index in [0.717, 1.165) is 28.4 Å². The summed E-state index contributed by atoms with van der Waals surface area (Å²) in [6, 6.07) is 10.7. The monoisotopic (exact) mass is 450 g/mol. The molecule has 0 unspecified atom stereocenters. The maximum Gasteiger partial charge on any atom is 0.224 e. The highest BCUT2D eigenvalue weighted by Crippen LogP contribution is 2.26. The molecule has 4 rings (SSSR count). The number of aliphatic hydroxyl groups is 1. The smallest absolute Gasteiger partial charge is 0.224 e. The summed E-state index contributed by atoms with van der Waals surface area (Å²) in [6.45, 7) is 1.88. The van der Waals surface area contributed by atoms with E-state index in [1.54, 1.807) is 6.20 Å². The molecule has 32 heavy (non-hydrogen) atoms. The summed E-state index contributed by atoms with van der Waals surface area (Å²) in [6.07, 6.45) is 4.58. The average Bonchev–Trinajstić information content (AvgIpc) is 3.27. The largest absolute Gasteiger partial charge is 0.392 e. The van der Waals surface area contributed by atoms with Crippen molar-refractivity contribution in [1.29, 1.82) is 0 Å². The molecule has 0 fully saturated rings. The minimum Gasteiger partial charge on any atom is -0.392 e. The van der Waals surface area contributed by atoms with E-state index in [-0.39, 0.29) is 18.4 Å². The van der Waals surface area contributed by atoms with Crippen molar-refractivity contribution in [1.82, 2.24) is 15.0 Å². The SMILES string of the molecule is C[C@H](Nc1nc(C(=O)CCCc2ccc(CO)cc2)c2sccc2n1)c1cncc(F)c1. The van der Waals surface area contributed by atoms with E-state index in [0.29, 0.717) is 35.6 Å². The Morgan fingerprint density at radius 3 is 2.69 bits per heavy atom. The number of ketones is 1. The van der Waals surface area contributed by atoms with Crippen molar-refractivity contribution < 1.29 is 14.3 Å². The van der Waals surface area contributed by atoms with Crippen LogP contribution in [0.25, 0.3) is 10.2 Å². The van der Waals surface area contributed by atoms with Crippen molar-refractivity contribution in [3.63, 3.8) is 0 Å². The first-order valence-corrected chi connectivity index (χ1v) is 11.3. The first-order valence-electron chi connectivity index (χ1n) is 10.4. The summed E-state index contributed by atoms with van der Waals surface area (Å²) in [7, 11) is 0. The predicted octanol–water partition coefficient (Wildman–Crippen LogP) is 5.10. The molecular formula is C24H23FN4O2S. The van der Waals surface area contributed by atoms with Gasteiger partial charge in [-0.2, -0.15) is 0 Å². The molecule has 0 aliphatic rings. The Morgan fingerprint density at radius 1 is 1.16 bits per heavy atom. The Labute approximate surface area is 189 Å². The highest BCUT2D eigenvalue weighted by Gasteiger charge is 2.17. The average molecular weight is 451 g/mol. The molecular weight excluding hydrogens is 427 g/mol. The number of halogens is 1. The highest BCUT2D eigenvalue weighted by atomic mass is 32.1. The van der Waals surface area contributed by atoms with Gasteiger partial charge >= 0.3 is 0 Å². The van der Waals surface area contributed by atoms with E-state index in [1.165, 1.54) is 17.4 Å². The van der Waals surface area contributed by atoms with Crippen LogP contribution < -0.4 is 5.32 Å². The molecule has 0 saturated carbocycles. The van der Waals surface area contributed by atoms with Crippen LogP contribution in [0.4, 0.5) is 10.3 Å². The summed E-state index contributed by atoms with van der Waals surface area (Å²) < 4.78 is 14.3. The van der Waals surface area contributed by atoms with Crippen LogP contribution in [0.15, 0.2) is 54.2 Å². The van der Waals surface area contributed by atoms with Crippen molar-refractivity contribution in [3.05, 3.63) is 82.4 Å². The molecule has 0 saturated heterocycles. The topological polar surface area (TPSA) is 88.0 Å². The minimum absolute atomic E-state index is 0.0218. The number of carbonyl (C=O) groups is 1. The van der Waals surface area contributed by atoms with Crippen molar-refractivity contribution in [2.45, 2.75) is 38.8 Å². The molecule has 3 aromatic heterocycles. The van der Waals surface area contributed by atoms with Crippen LogP contribution in [0.3, 0.4) is 0 Å². The fourth-order valence-electron chi connectivity index (χ4n) is 3.44. The number of aliphatic hydroxyl groups excluding tert-OH is 1. The lowest BCUT2D eigenvalue weighted by atomic mass is 10.0. The number of benzene rings is 1. The third kappa shape index (κ3) is 5.15. The number of hydrogen-bond donors (Lipinski definition) is 2. The number of carbonyl (C=O) groups excluding carboxylic acids is 1. The first kappa shape index (κ1) is 22.0. The van der Waals surface area contributed by atoms with Gasteiger partial charge < -0.3 is 10.4 Å². The second-order valence-corrected chi connectivity index (χ2v) is 8.50. The lowest BCUT2D eigenvalue weighted by Gasteiger charge is -2.14. The number of thiophene rings is 1. The molecule has 0 aliphatic carbocycles. The van der Waals surface area contributed by atoms with E-state index in [1.807, 2.05) is 42.6 Å². The van der Waals surface area contributed by atoms with Gasteiger partial charge in [0.05, 0.1) is 29.1 Å². The molecule has 2 N–H and O–H groups in total. The second kappa shape index (κ2) is 9.93. The maximum absolute atomic E-state index is 13.5. The van der Waals surface area contributed by atoms with Crippen molar-refractivity contribution in [2.24, 2.45) is 0 Å². The predicted molar refractivity (Wildman–Crippen MR) is 123 cm³/mol. The number of pyridine rings is 1. The Hall–Kier alpha value is -3.23. The quantitative estimate of drug-likeness (QED) is 0.345. The Morgan fingerprint density at radius 2 is 1.94 bits per heavy atom. The molecule has 6 nitrogen and oxygen atoms in total. The van der Waals surface area contributed by atoms with Gasteiger partial charge in [0, 0.05) is 12.6 Å². The van der Waals surface area contributed by atoms with Gasteiger partial charge in [-0.3, -0.25) is 9.78 Å². The van der Waals surface area contributed by atoms with Crippen LogP contribution in [0.1, 0.15) is 53.0 Å². The number of rotatable bonds is 9. The molecule has 8 heteroatoms. The number of nitrogens with zero attached hydrogens (tertiary/aromatic N) is 3. The fraction of sp³-hybridized carbons (Fsp3) is 0.250. The van der Waals surface area contributed by atoms with E-state index >= 15 is 0 Å². The Balaban J connectivity index is 1.47. The van der Waals surface area contributed by atoms with Crippen LogP contribution >= 0.6 is 11.3 Å². The van der Waals surface area contributed by atoms with Gasteiger partial charge in [0.1, 0.15) is 11.5 Å². The number of nitrogens with one attached hydrogen (secondary N) is 1. The molecule has 1 aromatic carbocycles. The molecule has 164 valence electrons. The van der Waals surface area contributed by atoms with Crippen LogP contribution in [0.2, 0.25) is 0 Å². The summed E-state index contributed by atoms with van der Waals surface area (Å²) in [5.74, 6) is -0.113. The molecule has 0 spiro atoms. The second-order valence-electron chi connectivity index (χ2n) is 7.58. The van der Waals surface area contributed by atoms with Gasteiger partial charge in [-0.25, -0.2) is 14.4 Å². The minimum atomic E-state index is -0.410. The summed E-state index contributed by atoms with van der Waals surface area (Å²) in [5.41, 5.74) is 3.78. The van der Waals surface area contributed by atoms with Crippen LogP contribution in [0.5, 0.6) is 0 Å². The van der Waals surface area contributed by atoms with Crippen LogP contribution in [-0.2, 0) is 13.0 Å². The van der Waals surface area contributed by atoms with Gasteiger partial charge in [0.2, 0.25) is 5.95 Å². The first-order chi connectivity index (χ1) is 15.5. The van der Waals surface area contributed by atoms with Gasteiger partial charge in [-0.1, -0.05) is 24.3 Å². The molecule has 1 atom stereocenters. The summed E-state index contributed by atoms with van der Waals surface area (Å²) in [4.78, 5) is 25.9. The Bertz CT molecular complexity index is 1230. The zero-order valence-corrected chi connectivity index (χ0v) is 18.4. The van der Waals surface area contributed by atoms with Gasteiger partial charge in [0.15, 0.2) is 5.78 Å². The number of anilines is 1. The van der Waals surface area contributed by atoms with Gasteiger partial charge in [0.25, 0.3) is 0 Å². The molecule has 3 heterocycles. The summed E-state index contributed by atoms with van der Waals surface area (Å²) >= 11 is 1.45. The number of Topliss-reactive ketones (excluding diaryl/α,β-unsaturated/α-hetero) is 1. The molecule has 0 amide bonds. The lowest BCUT2D eigenvalue weighted by Crippen LogP contribution is -2.13. The summed E-state index contributed by atoms with van der Waals surface area (Å²) in [5, 5.41) is 14.2. The van der Waals surface area contributed by atoms with Crippen molar-refractivity contribution in [3.8, 4) is 0 Å². The fourth-order valence-corrected chi connectivity index (χ4v) is 4.28. The number of hydrogen-bond acceptors (Lipinski definition) is 7. The third-order valence-corrected chi connectivity index (χ3v) is 6.12.